The van der Waals surface area contributed by atoms with Gasteiger partial charge >= 0.3 is 0 Å². The zero-order chi connectivity index (χ0) is 18.8. The monoisotopic (exact) mass is 356 g/mol. The Morgan fingerprint density at radius 3 is 1.77 bits per heavy atom. The molecule has 136 valence electrons. The Bertz CT molecular complexity index is 993. The number of rotatable bonds is 6. The summed E-state index contributed by atoms with van der Waals surface area (Å²) in [5.74, 6) is 2.59. The van der Waals surface area contributed by atoms with Gasteiger partial charge in [-0.3, -0.25) is 4.79 Å². The van der Waals surface area contributed by atoms with Crippen molar-refractivity contribution < 1.29 is 28.5 Å². The Kier molecular flexibility index (Phi) is 4.75. The van der Waals surface area contributed by atoms with Gasteiger partial charge in [0.25, 0.3) is 0 Å². The number of benzene rings is 3. The number of hydrogen-bond donors (Lipinski definition) is 0. The van der Waals surface area contributed by atoms with Gasteiger partial charge in [0, 0.05) is 16.3 Å². The molecule has 0 radical (unpaired) electrons. The lowest BCUT2D eigenvalue weighted by Crippen LogP contribution is -1.99. The van der Waals surface area contributed by atoms with Crippen molar-refractivity contribution in [2.75, 3.05) is 35.5 Å². The predicted molar refractivity (Wildman–Crippen MR) is 99.6 cm³/mol. The number of fused-ring (bicyclic) bond motifs is 3. The maximum absolute atomic E-state index is 11.7. The van der Waals surface area contributed by atoms with Gasteiger partial charge in [0.1, 0.15) is 0 Å². The molecule has 0 fully saturated rings. The smallest absolute Gasteiger partial charge is 0.203 e. The molecule has 3 rings (SSSR count). The number of methoxy groups -OCH3 is 5. The summed E-state index contributed by atoms with van der Waals surface area (Å²) < 4.78 is 27.4. The zero-order valence-corrected chi connectivity index (χ0v) is 15.3. The summed E-state index contributed by atoms with van der Waals surface area (Å²) in [6, 6.07) is 7.27. The minimum Gasteiger partial charge on any atom is -0.493 e. The SMILES string of the molecule is COc1cc2cc(C=O)c3cc(OC)c(OC)c(OC)c3c2cc1OC. The Labute approximate surface area is 151 Å². The molecule has 26 heavy (non-hydrogen) atoms. The second kappa shape index (κ2) is 7.00. The summed E-state index contributed by atoms with van der Waals surface area (Å²) in [5, 5.41) is 3.11. The van der Waals surface area contributed by atoms with E-state index in [-0.39, 0.29) is 0 Å². The summed E-state index contributed by atoms with van der Waals surface area (Å²) in [6.07, 6.45) is 0.809. The van der Waals surface area contributed by atoms with Crippen LogP contribution in [0.25, 0.3) is 21.5 Å². The average molecular weight is 356 g/mol. The van der Waals surface area contributed by atoms with Crippen LogP contribution in [0.4, 0.5) is 0 Å². The van der Waals surface area contributed by atoms with Crippen molar-refractivity contribution in [3.05, 3.63) is 29.8 Å². The van der Waals surface area contributed by atoms with Crippen molar-refractivity contribution in [1.29, 1.82) is 0 Å². The summed E-state index contributed by atoms with van der Waals surface area (Å²) in [7, 11) is 7.78. The second-order valence-electron chi connectivity index (χ2n) is 5.58. The quantitative estimate of drug-likeness (QED) is 0.494. The molecular formula is C20H20O6. The molecule has 0 heterocycles. The van der Waals surface area contributed by atoms with E-state index in [2.05, 4.69) is 0 Å². The van der Waals surface area contributed by atoms with E-state index >= 15 is 0 Å². The standard InChI is InChI=1S/C20H20O6/c1-22-15-7-11-6-12(10-21)14-9-17(24-3)19(25-4)20(26-5)18(14)13(11)8-16(15)23-2/h6-10H,1-5H3. The molecule has 0 aliphatic heterocycles. The summed E-state index contributed by atoms with van der Waals surface area (Å²) in [6.45, 7) is 0. The minimum absolute atomic E-state index is 0.460. The first kappa shape index (κ1) is 17.7. The van der Waals surface area contributed by atoms with Crippen molar-refractivity contribution >= 4 is 27.8 Å². The van der Waals surface area contributed by atoms with Gasteiger partial charge in [-0.25, -0.2) is 0 Å². The van der Waals surface area contributed by atoms with E-state index in [0.29, 0.717) is 39.7 Å². The molecule has 6 heteroatoms. The first-order valence-electron chi connectivity index (χ1n) is 7.90. The van der Waals surface area contributed by atoms with Crippen molar-refractivity contribution in [3.63, 3.8) is 0 Å². The van der Waals surface area contributed by atoms with Crippen LogP contribution in [0.1, 0.15) is 10.4 Å². The van der Waals surface area contributed by atoms with Crippen molar-refractivity contribution in [1.82, 2.24) is 0 Å². The third-order valence-corrected chi connectivity index (χ3v) is 4.40. The molecule has 0 saturated heterocycles. The van der Waals surface area contributed by atoms with Crippen molar-refractivity contribution in [3.8, 4) is 28.7 Å². The molecule has 3 aromatic carbocycles. The number of hydrogen-bond acceptors (Lipinski definition) is 6. The van der Waals surface area contributed by atoms with Crippen LogP contribution in [-0.4, -0.2) is 41.8 Å². The van der Waals surface area contributed by atoms with Gasteiger partial charge in [0.2, 0.25) is 5.75 Å². The normalized spacial score (nSPS) is 10.7. The van der Waals surface area contributed by atoms with Gasteiger partial charge in [0.15, 0.2) is 29.3 Å². The molecule has 0 unspecified atom stereocenters. The van der Waals surface area contributed by atoms with E-state index in [9.17, 15) is 4.79 Å². The van der Waals surface area contributed by atoms with Crippen LogP contribution in [-0.2, 0) is 0 Å². The maximum Gasteiger partial charge on any atom is 0.203 e. The molecule has 3 aromatic rings. The van der Waals surface area contributed by atoms with Gasteiger partial charge < -0.3 is 23.7 Å². The van der Waals surface area contributed by atoms with Crippen LogP contribution in [0.15, 0.2) is 24.3 Å². The van der Waals surface area contributed by atoms with Crippen molar-refractivity contribution in [2.45, 2.75) is 0 Å². The number of carbonyl (C=O) groups excluding carboxylic acids is 1. The Morgan fingerprint density at radius 1 is 0.654 bits per heavy atom. The molecule has 0 aromatic heterocycles. The summed E-state index contributed by atoms with van der Waals surface area (Å²) in [5.41, 5.74) is 0.513. The van der Waals surface area contributed by atoms with E-state index in [4.69, 9.17) is 23.7 Å². The lowest BCUT2D eigenvalue weighted by Gasteiger charge is -2.18. The lowest BCUT2D eigenvalue weighted by atomic mass is 9.95. The Balaban J connectivity index is 2.60. The van der Waals surface area contributed by atoms with Crippen LogP contribution in [0.2, 0.25) is 0 Å². The van der Waals surface area contributed by atoms with E-state index in [1.807, 2.05) is 12.1 Å². The van der Waals surface area contributed by atoms with Crippen LogP contribution in [0.3, 0.4) is 0 Å². The molecule has 0 N–H and O–H groups in total. The Morgan fingerprint density at radius 2 is 1.23 bits per heavy atom. The van der Waals surface area contributed by atoms with E-state index in [0.717, 1.165) is 22.4 Å². The first-order chi connectivity index (χ1) is 12.6. The molecule has 0 atom stereocenters. The molecule has 6 nitrogen and oxygen atoms in total. The number of aldehydes is 1. The molecular weight excluding hydrogens is 336 g/mol. The molecule has 0 aliphatic rings. The molecule has 0 amide bonds. The average Bonchev–Trinajstić information content (AvgIpc) is 2.69. The van der Waals surface area contributed by atoms with Gasteiger partial charge in [-0.1, -0.05) is 0 Å². The van der Waals surface area contributed by atoms with Crippen LogP contribution in [0, 0.1) is 0 Å². The van der Waals surface area contributed by atoms with E-state index in [1.165, 1.54) is 0 Å². The van der Waals surface area contributed by atoms with Gasteiger partial charge in [-0.2, -0.15) is 0 Å². The van der Waals surface area contributed by atoms with Crippen LogP contribution >= 0.6 is 0 Å². The fraction of sp³-hybridized carbons (Fsp3) is 0.250. The summed E-state index contributed by atoms with van der Waals surface area (Å²) in [4.78, 5) is 11.7. The highest BCUT2D eigenvalue weighted by Gasteiger charge is 2.21. The van der Waals surface area contributed by atoms with Crippen molar-refractivity contribution in [2.24, 2.45) is 0 Å². The predicted octanol–water partition coefficient (Wildman–Crippen LogP) is 3.85. The van der Waals surface area contributed by atoms with Gasteiger partial charge in [0.05, 0.1) is 35.5 Å². The zero-order valence-electron chi connectivity index (χ0n) is 15.3. The second-order valence-corrected chi connectivity index (χ2v) is 5.58. The minimum atomic E-state index is 0.460. The highest BCUT2D eigenvalue weighted by Crippen LogP contribution is 2.48. The van der Waals surface area contributed by atoms with E-state index < -0.39 is 0 Å². The Hall–Kier alpha value is -3.15. The first-order valence-corrected chi connectivity index (χ1v) is 7.90. The topological polar surface area (TPSA) is 63.2 Å². The molecule has 0 aliphatic carbocycles. The number of ether oxygens (including phenoxy) is 5. The third kappa shape index (κ3) is 2.54. The highest BCUT2D eigenvalue weighted by atomic mass is 16.5. The lowest BCUT2D eigenvalue weighted by molar-refractivity contribution is 0.112. The molecule has 0 saturated carbocycles. The third-order valence-electron chi connectivity index (χ3n) is 4.40. The van der Waals surface area contributed by atoms with Crippen LogP contribution in [0.5, 0.6) is 28.7 Å². The fourth-order valence-corrected chi connectivity index (χ4v) is 3.22. The number of carbonyl (C=O) groups is 1. The van der Waals surface area contributed by atoms with Crippen LogP contribution < -0.4 is 23.7 Å². The van der Waals surface area contributed by atoms with E-state index in [1.54, 1.807) is 47.7 Å². The van der Waals surface area contributed by atoms with Gasteiger partial charge in [-0.05, 0) is 35.0 Å². The largest absolute Gasteiger partial charge is 0.493 e. The summed E-state index contributed by atoms with van der Waals surface area (Å²) >= 11 is 0. The fourth-order valence-electron chi connectivity index (χ4n) is 3.22. The van der Waals surface area contributed by atoms with Gasteiger partial charge in [-0.15, -0.1) is 0 Å². The molecule has 0 spiro atoms. The molecule has 0 bridgehead atoms. The maximum atomic E-state index is 11.7. The highest BCUT2D eigenvalue weighted by molar-refractivity contribution is 6.18.